The van der Waals surface area contributed by atoms with Crippen molar-refractivity contribution in [3.8, 4) is 0 Å². The van der Waals surface area contributed by atoms with Crippen molar-refractivity contribution < 1.29 is 13.2 Å². The zero-order chi connectivity index (χ0) is 6.50. The van der Waals surface area contributed by atoms with Crippen LogP contribution in [0.3, 0.4) is 0 Å². The standard InChI is InChI=1S/C2H2F3.CH5N/c1-2(3,4)5;1-2/h1H2;2H2,1H3. The number of nitrogens with two attached hydrogens (primary N) is 1. The van der Waals surface area contributed by atoms with Gasteiger partial charge in [-0.3, -0.25) is 0 Å². The summed E-state index contributed by atoms with van der Waals surface area (Å²) in [6.45, 7) is 1.77. The molecule has 0 heterocycles. The van der Waals surface area contributed by atoms with E-state index in [1.54, 1.807) is 6.92 Å². The normalized spacial score (nSPS) is 9.43. The molecule has 2 N–H and O–H groups in total. The minimum Gasteiger partial charge on any atom is -0.333 e. The molecule has 1 nitrogen and oxygen atoms in total. The summed E-state index contributed by atoms with van der Waals surface area (Å²) in [4.78, 5) is 0. The largest absolute Gasteiger partial charge is 0.389 e. The van der Waals surface area contributed by atoms with E-state index in [1.165, 1.54) is 7.05 Å². The lowest BCUT2D eigenvalue weighted by atomic mass is 10.8. The SMILES string of the molecule is CN.[CH2]C(F)(F)F. The van der Waals surface area contributed by atoms with E-state index in [2.05, 4.69) is 5.73 Å². The topological polar surface area (TPSA) is 26.0 Å². The number of hydrogen-bond acceptors (Lipinski definition) is 1. The molecule has 0 bridgehead atoms. The molecule has 0 fully saturated rings. The summed E-state index contributed by atoms with van der Waals surface area (Å²) in [5.74, 6) is 0. The van der Waals surface area contributed by atoms with Gasteiger partial charge in [-0.1, -0.05) is 0 Å². The van der Waals surface area contributed by atoms with Gasteiger partial charge in [0.05, 0.1) is 6.92 Å². The molecule has 7 heavy (non-hydrogen) atoms. The van der Waals surface area contributed by atoms with Crippen molar-refractivity contribution in [1.82, 2.24) is 0 Å². The van der Waals surface area contributed by atoms with Gasteiger partial charge in [0, 0.05) is 0 Å². The maximum atomic E-state index is 10.2. The average molecular weight is 114 g/mol. The molecular formula is C3H7F3N. The Kier molecular flexibility index (Phi) is 5.54. The number of alkyl halides is 3. The first-order valence-electron chi connectivity index (χ1n) is 1.50. The van der Waals surface area contributed by atoms with Crippen molar-refractivity contribution in [2.75, 3.05) is 7.05 Å². The second-order valence-electron chi connectivity index (χ2n) is 0.615. The molecule has 0 aromatic heterocycles. The molecule has 4 heteroatoms. The van der Waals surface area contributed by atoms with Gasteiger partial charge in [0.25, 0.3) is 0 Å². The van der Waals surface area contributed by atoms with E-state index in [0.717, 1.165) is 0 Å². The third kappa shape index (κ3) is 1290. The van der Waals surface area contributed by atoms with Crippen LogP contribution in [0.25, 0.3) is 0 Å². The van der Waals surface area contributed by atoms with E-state index < -0.39 is 6.18 Å². The summed E-state index contributed by atoms with van der Waals surface area (Å²) >= 11 is 0. The highest BCUT2D eigenvalue weighted by Crippen LogP contribution is 2.09. The van der Waals surface area contributed by atoms with Crippen molar-refractivity contribution in [1.29, 1.82) is 0 Å². The molecule has 0 rings (SSSR count). The summed E-state index contributed by atoms with van der Waals surface area (Å²) in [5.41, 5.74) is 4.50. The summed E-state index contributed by atoms with van der Waals surface area (Å²) < 4.78 is 30.7. The molecule has 45 valence electrons. The van der Waals surface area contributed by atoms with Crippen molar-refractivity contribution in [3.05, 3.63) is 6.92 Å². The first-order valence-corrected chi connectivity index (χ1v) is 1.50. The Morgan fingerprint density at radius 2 is 1.29 bits per heavy atom. The van der Waals surface area contributed by atoms with Gasteiger partial charge in [-0.2, -0.15) is 13.2 Å². The highest BCUT2D eigenvalue weighted by Gasteiger charge is 2.16. The van der Waals surface area contributed by atoms with E-state index in [0.29, 0.717) is 0 Å². The predicted octanol–water partition coefficient (Wildman–Crippen LogP) is 0.958. The Balaban J connectivity index is 0. The maximum absolute atomic E-state index is 10.2. The Morgan fingerprint density at radius 1 is 1.29 bits per heavy atom. The highest BCUT2D eigenvalue weighted by atomic mass is 19.4. The molecule has 1 radical (unpaired) electrons. The lowest BCUT2D eigenvalue weighted by Gasteiger charge is -1.88. The summed E-state index contributed by atoms with van der Waals surface area (Å²) in [5, 5.41) is 0. The average Bonchev–Trinajstić information content (AvgIpc) is 1.36. The Labute approximate surface area is 40.3 Å². The van der Waals surface area contributed by atoms with E-state index in [1.807, 2.05) is 0 Å². The van der Waals surface area contributed by atoms with Crippen LogP contribution in [-0.2, 0) is 0 Å². The molecule has 0 aliphatic heterocycles. The number of hydrogen-bond donors (Lipinski definition) is 1. The first kappa shape index (κ1) is 9.89. The molecule has 0 unspecified atom stereocenters. The van der Waals surface area contributed by atoms with Gasteiger partial charge in [-0.25, -0.2) is 0 Å². The summed E-state index contributed by atoms with van der Waals surface area (Å²) in [6, 6.07) is 0. The third-order valence-electron chi connectivity index (χ3n) is 0. The van der Waals surface area contributed by atoms with Gasteiger partial charge in [-0.15, -0.1) is 0 Å². The third-order valence-corrected chi connectivity index (χ3v) is 0. The molecule has 0 spiro atoms. The molecule has 0 amide bonds. The fourth-order valence-electron chi connectivity index (χ4n) is 0. The lowest BCUT2D eigenvalue weighted by molar-refractivity contribution is -0.0829. The van der Waals surface area contributed by atoms with Crippen LogP contribution in [0, 0.1) is 6.92 Å². The second-order valence-corrected chi connectivity index (χ2v) is 0.615. The van der Waals surface area contributed by atoms with Gasteiger partial charge in [0.15, 0.2) is 0 Å². The fraction of sp³-hybridized carbons (Fsp3) is 0.667. The maximum Gasteiger partial charge on any atom is 0.389 e. The zero-order valence-corrected chi connectivity index (χ0v) is 3.92. The highest BCUT2D eigenvalue weighted by molar-refractivity contribution is 4.45. The van der Waals surface area contributed by atoms with Crippen LogP contribution in [0.15, 0.2) is 0 Å². The quantitative estimate of drug-likeness (QED) is 0.498. The molecule has 0 saturated carbocycles. The molecule has 0 atom stereocenters. The van der Waals surface area contributed by atoms with Gasteiger partial charge < -0.3 is 5.73 Å². The summed E-state index contributed by atoms with van der Waals surface area (Å²) in [7, 11) is 1.50. The second kappa shape index (κ2) is 3.92. The minimum absolute atomic E-state index is 1.50. The van der Waals surface area contributed by atoms with Gasteiger partial charge in [0.1, 0.15) is 0 Å². The smallest absolute Gasteiger partial charge is 0.333 e. The Hall–Kier alpha value is -0.250. The van der Waals surface area contributed by atoms with Gasteiger partial charge >= 0.3 is 6.18 Å². The van der Waals surface area contributed by atoms with E-state index >= 15 is 0 Å². The lowest BCUT2D eigenvalue weighted by Crippen LogP contribution is -1.96. The number of halogens is 3. The monoisotopic (exact) mass is 114 g/mol. The molecule has 0 aromatic rings. The van der Waals surface area contributed by atoms with Crippen molar-refractivity contribution in [3.63, 3.8) is 0 Å². The minimum atomic E-state index is -4.25. The van der Waals surface area contributed by atoms with Crippen LogP contribution in [0.5, 0.6) is 0 Å². The van der Waals surface area contributed by atoms with Crippen LogP contribution in [0.1, 0.15) is 0 Å². The van der Waals surface area contributed by atoms with Crippen LogP contribution in [0.2, 0.25) is 0 Å². The first-order chi connectivity index (χ1) is 3.00. The van der Waals surface area contributed by atoms with E-state index in [9.17, 15) is 13.2 Å². The fourth-order valence-corrected chi connectivity index (χ4v) is 0. The van der Waals surface area contributed by atoms with E-state index in [4.69, 9.17) is 0 Å². The van der Waals surface area contributed by atoms with Crippen LogP contribution < -0.4 is 5.73 Å². The molecule has 0 aliphatic rings. The van der Waals surface area contributed by atoms with Crippen molar-refractivity contribution in [2.24, 2.45) is 5.73 Å². The Bertz CT molecular complexity index is 25.7. The van der Waals surface area contributed by atoms with Gasteiger partial charge in [0.2, 0.25) is 0 Å². The van der Waals surface area contributed by atoms with Gasteiger partial charge in [-0.05, 0) is 7.05 Å². The zero-order valence-electron chi connectivity index (χ0n) is 3.92. The molecule has 0 saturated heterocycles. The van der Waals surface area contributed by atoms with Crippen molar-refractivity contribution in [2.45, 2.75) is 6.18 Å². The molecular weight excluding hydrogens is 107 g/mol. The molecule has 0 aliphatic carbocycles. The summed E-state index contributed by atoms with van der Waals surface area (Å²) in [6.07, 6.45) is -4.25. The van der Waals surface area contributed by atoms with E-state index in [-0.39, 0.29) is 0 Å². The molecule has 0 aromatic carbocycles. The predicted molar refractivity (Wildman–Crippen MR) is 21.5 cm³/mol. The van der Waals surface area contributed by atoms with Crippen LogP contribution >= 0.6 is 0 Å². The van der Waals surface area contributed by atoms with Crippen molar-refractivity contribution >= 4 is 0 Å². The van der Waals surface area contributed by atoms with Crippen LogP contribution in [0.4, 0.5) is 13.2 Å². The number of rotatable bonds is 0. The Morgan fingerprint density at radius 3 is 1.29 bits per heavy atom. The van der Waals surface area contributed by atoms with Crippen LogP contribution in [-0.4, -0.2) is 13.2 Å².